The second-order valence-corrected chi connectivity index (χ2v) is 14.0. The Morgan fingerprint density at radius 3 is 2.02 bits per heavy atom. The molecule has 11 heteroatoms. The van der Waals surface area contributed by atoms with E-state index in [9.17, 15) is 18.0 Å². The minimum absolute atomic E-state index is 0.00304. The van der Waals surface area contributed by atoms with E-state index < -0.39 is 28.5 Å². The van der Waals surface area contributed by atoms with Gasteiger partial charge < -0.3 is 10.2 Å². The molecular weight excluding hydrogens is 685 g/mol. The SMILES string of the molecule is CC(C)NC(=O)C(Cc1ccccc1)N(Cc1ccc(Br)cc1)C(=O)CN(c1ccc(Cl)c(Cl)c1)S(=O)(=O)c1ccccc1. The smallest absolute Gasteiger partial charge is 0.264 e. The lowest BCUT2D eigenvalue weighted by Crippen LogP contribution is -2.54. The molecule has 44 heavy (non-hydrogen) atoms. The molecule has 0 bridgehead atoms. The van der Waals surface area contributed by atoms with Gasteiger partial charge in [0.1, 0.15) is 12.6 Å². The molecule has 4 rings (SSSR count). The van der Waals surface area contributed by atoms with Gasteiger partial charge in [0, 0.05) is 23.5 Å². The van der Waals surface area contributed by atoms with Crippen LogP contribution >= 0.6 is 39.1 Å². The van der Waals surface area contributed by atoms with Crippen molar-refractivity contribution in [1.82, 2.24) is 10.2 Å². The fourth-order valence-electron chi connectivity index (χ4n) is 4.61. The van der Waals surface area contributed by atoms with Crippen LogP contribution in [-0.4, -0.2) is 43.8 Å². The van der Waals surface area contributed by atoms with E-state index in [0.717, 1.165) is 19.9 Å². The number of sulfonamides is 1. The number of benzene rings is 4. The lowest BCUT2D eigenvalue weighted by molar-refractivity contribution is -0.140. The zero-order valence-corrected chi connectivity index (χ0v) is 28.1. The number of nitrogens with one attached hydrogen (secondary N) is 1. The van der Waals surface area contributed by atoms with Crippen LogP contribution in [0.25, 0.3) is 0 Å². The molecule has 0 spiro atoms. The Hall–Kier alpha value is -3.37. The van der Waals surface area contributed by atoms with Crippen LogP contribution in [0.3, 0.4) is 0 Å². The van der Waals surface area contributed by atoms with Crippen molar-refractivity contribution >= 4 is 66.7 Å². The van der Waals surface area contributed by atoms with Gasteiger partial charge in [0.25, 0.3) is 10.0 Å². The molecule has 2 amide bonds. The first kappa shape index (κ1) is 33.5. The minimum atomic E-state index is -4.24. The molecule has 0 aromatic heterocycles. The highest BCUT2D eigenvalue weighted by molar-refractivity contribution is 9.10. The average molecular weight is 718 g/mol. The number of carbonyl (C=O) groups is 2. The van der Waals surface area contributed by atoms with E-state index in [1.165, 1.54) is 35.2 Å². The quantitative estimate of drug-likeness (QED) is 0.169. The summed E-state index contributed by atoms with van der Waals surface area (Å²) in [6, 6.07) is 27.9. The summed E-state index contributed by atoms with van der Waals surface area (Å²) in [5.41, 5.74) is 1.78. The number of carbonyl (C=O) groups excluding carboxylic acids is 2. The van der Waals surface area contributed by atoms with Crippen molar-refractivity contribution in [3.8, 4) is 0 Å². The van der Waals surface area contributed by atoms with Crippen LogP contribution in [0.15, 0.2) is 112 Å². The molecule has 7 nitrogen and oxygen atoms in total. The third kappa shape index (κ3) is 8.63. The minimum Gasteiger partial charge on any atom is -0.352 e. The predicted molar refractivity (Wildman–Crippen MR) is 179 cm³/mol. The molecule has 0 aliphatic heterocycles. The van der Waals surface area contributed by atoms with Crippen molar-refractivity contribution in [1.29, 1.82) is 0 Å². The van der Waals surface area contributed by atoms with Gasteiger partial charge in [0.15, 0.2) is 0 Å². The molecule has 1 N–H and O–H groups in total. The van der Waals surface area contributed by atoms with E-state index in [2.05, 4.69) is 21.2 Å². The maximum Gasteiger partial charge on any atom is 0.264 e. The Bertz CT molecular complexity index is 1690. The van der Waals surface area contributed by atoms with Crippen molar-refractivity contribution in [2.24, 2.45) is 0 Å². The number of halogens is 3. The number of amides is 2. The van der Waals surface area contributed by atoms with E-state index in [4.69, 9.17) is 23.2 Å². The van der Waals surface area contributed by atoms with Crippen molar-refractivity contribution in [3.63, 3.8) is 0 Å². The molecule has 1 atom stereocenters. The summed E-state index contributed by atoms with van der Waals surface area (Å²) in [4.78, 5) is 29.6. The zero-order chi connectivity index (χ0) is 31.9. The van der Waals surface area contributed by atoms with Gasteiger partial charge in [-0.15, -0.1) is 0 Å². The topological polar surface area (TPSA) is 86.8 Å². The molecule has 4 aromatic rings. The highest BCUT2D eigenvalue weighted by Gasteiger charge is 2.35. The van der Waals surface area contributed by atoms with E-state index in [1.807, 2.05) is 68.4 Å². The van der Waals surface area contributed by atoms with Gasteiger partial charge >= 0.3 is 0 Å². The number of hydrogen-bond donors (Lipinski definition) is 1. The fraction of sp³-hybridized carbons (Fsp3) is 0.212. The summed E-state index contributed by atoms with van der Waals surface area (Å²) in [6.07, 6.45) is 0.222. The molecule has 0 aliphatic carbocycles. The first-order valence-corrected chi connectivity index (χ1v) is 16.9. The van der Waals surface area contributed by atoms with E-state index in [1.54, 1.807) is 18.2 Å². The Morgan fingerprint density at radius 2 is 1.43 bits per heavy atom. The van der Waals surface area contributed by atoms with Crippen molar-refractivity contribution in [2.75, 3.05) is 10.8 Å². The van der Waals surface area contributed by atoms with Crippen molar-refractivity contribution in [2.45, 2.75) is 43.8 Å². The molecule has 0 aliphatic rings. The summed E-state index contributed by atoms with van der Waals surface area (Å²) < 4.78 is 29.9. The summed E-state index contributed by atoms with van der Waals surface area (Å²) in [5, 5.41) is 3.32. The van der Waals surface area contributed by atoms with Crippen LogP contribution in [0.1, 0.15) is 25.0 Å². The maximum absolute atomic E-state index is 14.4. The Balaban J connectivity index is 1.81. The number of rotatable bonds is 12. The van der Waals surface area contributed by atoms with E-state index in [0.29, 0.717) is 0 Å². The monoisotopic (exact) mass is 715 g/mol. The molecule has 0 heterocycles. The van der Waals surface area contributed by atoms with Crippen molar-refractivity contribution in [3.05, 3.63) is 129 Å². The van der Waals surface area contributed by atoms with Crippen LogP contribution in [0.4, 0.5) is 5.69 Å². The van der Waals surface area contributed by atoms with E-state index in [-0.39, 0.29) is 45.5 Å². The average Bonchev–Trinajstić information content (AvgIpc) is 3.00. The maximum atomic E-state index is 14.4. The van der Waals surface area contributed by atoms with Gasteiger partial charge in [-0.3, -0.25) is 13.9 Å². The van der Waals surface area contributed by atoms with Crippen LogP contribution < -0.4 is 9.62 Å². The van der Waals surface area contributed by atoms with Gasteiger partial charge in [0.2, 0.25) is 11.8 Å². The lowest BCUT2D eigenvalue weighted by Gasteiger charge is -2.34. The largest absolute Gasteiger partial charge is 0.352 e. The van der Waals surface area contributed by atoms with Crippen LogP contribution in [0.2, 0.25) is 10.0 Å². The molecule has 0 radical (unpaired) electrons. The molecule has 4 aromatic carbocycles. The van der Waals surface area contributed by atoms with Crippen LogP contribution in [0.5, 0.6) is 0 Å². The third-order valence-corrected chi connectivity index (χ3v) is 9.83. The Morgan fingerprint density at radius 1 is 0.818 bits per heavy atom. The molecular formula is C33H32BrCl2N3O4S. The van der Waals surface area contributed by atoms with Crippen molar-refractivity contribution < 1.29 is 18.0 Å². The number of hydrogen-bond acceptors (Lipinski definition) is 4. The first-order valence-electron chi connectivity index (χ1n) is 13.9. The first-order chi connectivity index (χ1) is 21.0. The molecule has 0 saturated carbocycles. The number of nitrogens with zero attached hydrogens (tertiary/aromatic N) is 2. The number of anilines is 1. The lowest BCUT2D eigenvalue weighted by atomic mass is 10.0. The summed E-state index contributed by atoms with van der Waals surface area (Å²) in [7, 11) is -4.24. The van der Waals surface area contributed by atoms with Crippen LogP contribution in [0, 0.1) is 0 Å². The summed E-state index contributed by atoms with van der Waals surface area (Å²) >= 11 is 15.9. The zero-order valence-electron chi connectivity index (χ0n) is 24.2. The summed E-state index contributed by atoms with van der Waals surface area (Å²) in [5.74, 6) is -0.917. The molecule has 230 valence electrons. The molecule has 0 saturated heterocycles. The second kappa shape index (κ2) is 15.1. The third-order valence-electron chi connectivity index (χ3n) is 6.77. The predicted octanol–water partition coefficient (Wildman–Crippen LogP) is 7.12. The Labute approximate surface area is 277 Å². The highest BCUT2D eigenvalue weighted by atomic mass is 79.9. The standard InChI is InChI=1S/C33H32BrCl2N3O4S/c1-23(2)37-33(41)31(19-24-9-5-3-6-10-24)38(21-25-13-15-26(34)16-14-25)32(40)22-39(27-17-18-29(35)30(36)20-27)44(42,43)28-11-7-4-8-12-28/h3-18,20,23,31H,19,21-22H2,1-2H3,(H,37,41). The Kier molecular flexibility index (Phi) is 11.5. The van der Waals surface area contributed by atoms with Gasteiger partial charge in [-0.05, 0) is 67.4 Å². The highest BCUT2D eigenvalue weighted by Crippen LogP contribution is 2.31. The normalized spacial score (nSPS) is 12.0. The second-order valence-electron chi connectivity index (χ2n) is 10.4. The molecule has 1 unspecified atom stereocenters. The van der Waals surface area contributed by atoms with Gasteiger partial charge in [-0.1, -0.05) is 99.8 Å². The fourth-order valence-corrected chi connectivity index (χ4v) is 6.59. The van der Waals surface area contributed by atoms with E-state index >= 15 is 0 Å². The van der Waals surface area contributed by atoms with Gasteiger partial charge in [-0.2, -0.15) is 0 Å². The summed E-state index contributed by atoms with van der Waals surface area (Å²) in [6.45, 7) is 3.16. The van der Waals surface area contributed by atoms with Gasteiger partial charge in [0.05, 0.1) is 20.6 Å². The molecule has 0 fully saturated rings. The van der Waals surface area contributed by atoms with Gasteiger partial charge in [-0.25, -0.2) is 8.42 Å². The van der Waals surface area contributed by atoms with Crippen LogP contribution in [-0.2, 0) is 32.6 Å².